The Kier molecular flexibility index (Phi) is 4.62. The van der Waals surface area contributed by atoms with Gasteiger partial charge in [0.2, 0.25) is 5.79 Å². The molecule has 2 heterocycles. The summed E-state index contributed by atoms with van der Waals surface area (Å²) in [5.74, 6) is -1.24. The van der Waals surface area contributed by atoms with E-state index in [2.05, 4.69) is 19.0 Å². The zero-order chi connectivity index (χ0) is 23.3. The zero-order valence-corrected chi connectivity index (χ0v) is 19.8. The van der Waals surface area contributed by atoms with Crippen LogP contribution in [0.4, 0.5) is 4.39 Å². The van der Waals surface area contributed by atoms with Gasteiger partial charge in [-0.15, -0.1) is 0 Å². The standard InChI is InChI=1S/C25H34FNO6/c1-15-9-19-18-6-5-16-10-17(27-29-4)7-8-21(16,2)24(18,26)20(28)11-22(19,3)25(15)23(32-14-33-25)12-30-13-31-23/h7-8,10,15,18-20,28H,5-6,9,11-14H2,1-4H3/b27-17-/t15-,18-,19-,20-,21-,22-,23?,24-,25+/m0/s1. The van der Waals surface area contributed by atoms with Crippen LogP contribution in [0, 0.1) is 28.6 Å². The lowest BCUT2D eigenvalue weighted by Crippen LogP contribution is -2.71. The molecule has 4 aliphatic carbocycles. The minimum absolute atomic E-state index is 0.0180. The van der Waals surface area contributed by atoms with Crippen molar-refractivity contribution in [1.29, 1.82) is 0 Å². The van der Waals surface area contributed by atoms with Gasteiger partial charge in [-0.3, -0.25) is 0 Å². The molecule has 0 radical (unpaired) electrons. The maximum atomic E-state index is 17.5. The van der Waals surface area contributed by atoms with Crippen molar-refractivity contribution in [3.05, 3.63) is 23.8 Å². The molecule has 7 nitrogen and oxygen atoms in total. The van der Waals surface area contributed by atoms with Crippen LogP contribution in [0.15, 0.2) is 29.0 Å². The number of ether oxygens (including phenoxy) is 4. The van der Waals surface area contributed by atoms with Crippen LogP contribution in [-0.4, -0.2) is 61.3 Å². The van der Waals surface area contributed by atoms with Crippen molar-refractivity contribution >= 4 is 5.71 Å². The lowest BCUT2D eigenvalue weighted by molar-refractivity contribution is -0.277. The minimum Gasteiger partial charge on any atom is -0.399 e. The SMILES string of the molecule is CO/N=C1/C=C[C@@]2(C)C(=C1)CC[C@H]1[C@@H]3C[C@H](C)[C@@]4(OCOC45COCO5)[C@@]3(C)C[C@H](O)[C@@]12F. The normalized spacial score (nSPS) is 56.2. The van der Waals surface area contributed by atoms with Crippen LogP contribution in [0.5, 0.6) is 0 Å². The van der Waals surface area contributed by atoms with Gasteiger partial charge < -0.3 is 28.9 Å². The second kappa shape index (κ2) is 6.88. The predicted molar refractivity (Wildman–Crippen MR) is 117 cm³/mol. The first-order valence-electron chi connectivity index (χ1n) is 12.1. The summed E-state index contributed by atoms with van der Waals surface area (Å²) >= 11 is 0. The first-order chi connectivity index (χ1) is 15.7. The summed E-state index contributed by atoms with van der Waals surface area (Å²) in [5, 5.41) is 15.7. The first kappa shape index (κ1) is 22.2. The number of hydrogen-bond donors (Lipinski definition) is 1. The highest BCUT2D eigenvalue weighted by atomic mass is 19.1. The molecule has 182 valence electrons. The van der Waals surface area contributed by atoms with Crippen molar-refractivity contribution in [2.75, 3.05) is 27.3 Å². The van der Waals surface area contributed by atoms with Crippen LogP contribution in [0.1, 0.15) is 46.5 Å². The Hall–Kier alpha value is -1.32. The van der Waals surface area contributed by atoms with E-state index in [1.54, 1.807) is 0 Å². The number of halogens is 1. The Morgan fingerprint density at radius 2 is 1.97 bits per heavy atom. The van der Waals surface area contributed by atoms with Crippen molar-refractivity contribution in [2.45, 2.75) is 69.6 Å². The smallest absolute Gasteiger partial charge is 0.227 e. The quantitative estimate of drug-likeness (QED) is 0.600. The third-order valence-corrected chi connectivity index (χ3v) is 10.2. The highest BCUT2D eigenvalue weighted by molar-refractivity contribution is 6.05. The summed E-state index contributed by atoms with van der Waals surface area (Å²) in [6.07, 6.45) is 6.95. The molecule has 5 fully saturated rings. The molecule has 0 aromatic rings. The number of aliphatic hydroxyl groups excluding tert-OH is 1. The highest BCUT2D eigenvalue weighted by Crippen LogP contribution is 2.74. The molecule has 1 unspecified atom stereocenters. The van der Waals surface area contributed by atoms with Gasteiger partial charge in [0.15, 0.2) is 19.3 Å². The Labute approximate surface area is 193 Å². The van der Waals surface area contributed by atoms with Crippen molar-refractivity contribution < 1.29 is 33.3 Å². The van der Waals surface area contributed by atoms with Crippen LogP contribution in [0.2, 0.25) is 0 Å². The average Bonchev–Trinajstić information content (AvgIpc) is 3.46. The maximum Gasteiger partial charge on any atom is 0.227 e. The summed E-state index contributed by atoms with van der Waals surface area (Å²) in [6, 6.07) is 0. The van der Waals surface area contributed by atoms with E-state index in [0.717, 1.165) is 18.4 Å². The first-order valence-corrected chi connectivity index (χ1v) is 12.1. The topological polar surface area (TPSA) is 78.7 Å². The van der Waals surface area contributed by atoms with Gasteiger partial charge in [0.05, 0.1) is 6.10 Å². The van der Waals surface area contributed by atoms with Gasteiger partial charge in [0.1, 0.15) is 25.0 Å². The number of aliphatic hydroxyl groups is 1. The molecule has 6 aliphatic rings. The minimum atomic E-state index is -1.79. The van der Waals surface area contributed by atoms with Crippen LogP contribution in [0.25, 0.3) is 0 Å². The summed E-state index contributed by atoms with van der Waals surface area (Å²) in [7, 11) is 1.50. The van der Waals surface area contributed by atoms with E-state index >= 15 is 4.39 Å². The number of hydrogen-bond acceptors (Lipinski definition) is 7. The fourth-order valence-electron chi connectivity index (χ4n) is 8.91. The second-order valence-corrected chi connectivity index (χ2v) is 11.2. The Bertz CT molecular complexity index is 940. The third-order valence-electron chi connectivity index (χ3n) is 10.2. The number of fused-ring (bicyclic) bond motifs is 7. The Morgan fingerprint density at radius 1 is 1.18 bits per heavy atom. The van der Waals surface area contributed by atoms with E-state index < -0.39 is 34.0 Å². The summed E-state index contributed by atoms with van der Waals surface area (Å²) in [5.41, 5.74) is -2.36. The van der Waals surface area contributed by atoms with Gasteiger partial charge in [0, 0.05) is 16.7 Å². The number of allylic oxidation sites excluding steroid dienone is 4. The molecule has 2 saturated heterocycles. The van der Waals surface area contributed by atoms with E-state index in [9.17, 15) is 5.11 Å². The van der Waals surface area contributed by atoms with Crippen LogP contribution in [0.3, 0.4) is 0 Å². The molecule has 9 atom stereocenters. The molecular formula is C25H34FNO6. The predicted octanol–water partition coefficient (Wildman–Crippen LogP) is 3.48. The van der Waals surface area contributed by atoms with Crippen LogP contribution < -0.4 is 0 Å². The van der Waals surface area contributed by atoms with Gasteiger partial charge in [-0.25, -0.2) is 4.39 Å². The number of oxime groups is 1. The summed E-state index contributed by atoms with van der Waals surface area (Å²) in [4.78, 5) is 4.93. The van der Waals surface area contributed by atoms with E-state index in [0.29, 0.717) is 12.1 Å². The van der Waals surface area contributed by atoms with Gasteiger partial charge in [-0.1, -0.05) is 30.7 Å². The zero-order valence-electron chi connectivity index (χ0n) is 19.8. The van der Waals surface area contributed by atoms with Crippen molar-refractivity contribution in [1.82, 2.24) is 0 Å². The molecule has 8 heteroatoms. The number of alkyl halides is 1. The number of nitrogens with zero attached hydrogens (tertiary/aromatic N) is 1. The van der Waals surface area contributed by atoms with Gasteiger partial charge in [-0.2, -0.15) is 0 Å². The van der Waals surface area contributed by atoms with Gasteiger partial charge in [-0.05, 0) is 56.6 Å². The molecule has 2 aliphatic heterocycles. The van der Waals surface area contributed by atoms with E-state index in [1.165, 1.54) is 7.11 Å². The third kappa shape index (κ3) is 2.35. The van der Waals surface area contributed by atoms with E-state index in [4.69, 9.17) is 23.8 Å². The van der Waals surface area contributed by atoms with Gasteiger partial charge in [0.25, 0.3) is 0 Å². The molecule has 3 saturated carbocycles. The molecule has 0 bridgehead atoms. The highest BCUT2D eigenvalue weighted by Gasteiger charge is 2.81. The van der Waals surface area contributed by atoms with Crippen molar-refractivity contribution in [3.63, 3.8) is 0 Å². The molecule has 1 N–H and O–H groups in total. The monoisotopic (exact) mass is 463 g/mol. The maximum absolute atomic E-state index is 17.5. The average molecular weight is 464 g/mol. The lowest BCUT2D eigenvalue weighted by Gasteiger charge is -2.63. The van der Waals surface area contributed by atoms with Crippen molar-refractivity contribution in [2.24, 2.45) is 33.7 Å². The largest absolute Gasteiger partial charge is 0.399 e. The summed E-state index contributed by atoms with van der Waals surface area (Å²) in [6.45, 7) is 6.78. The van der Waals surface area contributed by atoms with Crippen LogP contribution in [-0.2, 0) is 23.8 Å². The Balaban J connectivity index is 1.44. The molecule has 0 amide bonds. The lowest BCUT2D eigenvalue weighted by atomic mass is 9.44. The van der Waals surface area contributed by atoms with E-state index in [1.807, 2.05) is 25.2 Å². The number of rotatable bonds is 1. The van der Waals surface area contributed by atoms with E-state index in [-0.39, 0.29) is 44.4 Å². The molecule has 0 aromatic carbocycles. The molecule has 0 aromatic heterocycles. The molecular weight excluding hydrogens is 429 g/mol. The second-order valence-electron chi connectivity index (χ2n) is 11.2. The fraction of sp³-hybridized carbons (Fsp3) is 0.800. The fourth-order valence-corrected chi connectivity index (χ4v) is 8.91. The Morgan fingerprint density at radius 3 is 2.70 bits per heavy atom. The molecule has 2 spiro atoms. The summed E-state index contributed by atoms with van der Waals surface area (Å²) < 4.78 is 41.7. The van der Waals surface area contributed by atoms with Gasteiger partial charge >= 0.3 is 0 Å². The van der Waals surface area contributed by atoms with Crippen molar-refractivity contribution in [3.8, 4) is 0 Å². The molecule has 6 rings (SSSR count). The molecule has 33 heavy (non-hydrogen) atoms. The van der Waals surface area contributed by atoms with Crippen LogP contribution >= 0.6 is 0 Å².